The molecule has 0 aromatic heterocycles. The number of carbonyl (C=O) groups is 1. The summed E-state index contributed by atoms with van der Waals surface area (Å²) >= 11 is 0. The molecule has 0 aliphatic rings. The first-order valence-electron chi connectivity index (χ1n) is 5.16. The normalized spacial score (nSPS) is 10.2. The van der Waals surface area contributed by atoms with Gasteiger partial charge in [0.25, 0.3) is 0 Å². The van der Waals surface area contributed by atoms with Crippen LogP contribution in [0.15, 0.2) is 12.7 Å². The van der Waals surface area contributed by atoms with Gasteiger partial charge in [-0.25, -0.2) is 4.79 Å². The minimum atomic E-state index is -0.353. The number of esters is 1. The van der Waals surface area contributed by atoms with E-state index in [2.05, 4.69) is 25.7 Å². The van der Waals surface area contributed by atoms with E-state index in [-0.39, 0.29) is 5.97 Å². The molecule has 0 radical (unpaired) electrons. The number of hydrogen-bond donors (Lipinski definition) is 1. The van der Waals surface area contributed by atoms with Crippen LogP contribution in [0.2, 0.25) is 0 Å². The van der Waals surface area contributed by atoms with Crippen molar-refractivity contribution in [3.05, 3.63) is 12.7 Å². The third-order valence-corrected chi connectivity index (χ3v) is 1.82. The Balaban J connectivity index is 3.06. The number of rotatable bonds is 8. The van der Waals surface area contributed by atoms with Crippen molar-refractivity contribution < 1.29 is 9.53 Å². The number of carbonyl (C=O) groups excluding carboxylic acids is 1. The zero-order chi connectivity index (χ0) is 10.8. The monoisotopic (exact) mass is 199 g/mol. The largest absolute Gasteiger partial charge is 0.461 e. The van der Waals surface area contributed by atoms with Crippen LogP contribution in [0.3, 0.4) is 0 Å². The first-order chi connectivity index (χ1) is 6.66. The Morgan fingerprint density at radius 1 is 1.50 bits per heavy atom. The van der Waals surface area contributed by atoms with Crippen molar-refractivity contribution in [2.75, 3.05) is 19.7 Å². The van der Waals surface area contributed by atoms with E-state index in [9.17, 15) is 4.79 Å². The molecule has 0 aliphatic carbocycles. The van der Waals surface area contributed by atoms with E-state index in [4.69, 9.17) is 4.74 Å². The fourth-order valence-electron chi connectivity index (χ4n) is 1.04. The zero-order valence-corrected chi connectivity index (χ0v) is 9.21. The molecule has 0 saturated heterocycles. The molecule has 0 saturated carbocycles. The molecular weight excluding hydrogens is 178 g/mol. The summed E-state index contributed by atoms with van der Waals surface area (Å²) in [7, 11) is 0. The van der Waals surface area contributed by atoms with Gasteiger partial charge in [0, 0.05) is 12.6 Å². The minimum Gasteiger partial charge on any atom is -0.461 e. The van der Waals surface area contributed by atoms with Crippen molar-refractivity contribution in [2.45, 2.75) is 26.7 Å². The molecule has 0 aliphatic heterocycles. The zero-order valence-electron chi connectivity index (χ0n) is 9.21. The van der Waals surface area contributed by atoms with Crippen LogP contribution in [0.5, 0.6) is 0 Å². The van der Waals surface area contributed by atoms with Crippen LogP contribution in [0.25, 0.3) is 0 Å². The molecule has 0 unspecified atom stereocenters. The average molecular weight is 199 g/mol. The molecule has 0 aromatic rings. The van der Waals surface area contributed by atoms with Gasteiger partial charge in [-0.15, -0.1) is 0 Å². The van der Waals surface area contributed by atoms with Gasteiger partial charge in [0.05, 0.1) is 0 Å². The number of hydrogen-bond acceptors (Lipinski definition) is 3. The molecule has 3 heteroatoms. The van der Waals surface area contributed by atoms with Gasteiger partial charge in [0.1, 0.15) is 6.61 Å². The molecular formula is C11H21NO2. The maximum Gasteiger partial charge on any atom is 0.330 e. The van der Waals surface area contributed by atoms with Gasteiger partial charge < -0.3 is 10.1 Å². The lowest BCUT2D eigenvalue weighted by atomic mass is 10.1. The van der Waals surface area contributed by atoms with Crippen molar-refractivity contribution >= 4 is 5.97 Å². The number of nitrogens with one attached hydrogen (secondary N) is 1. The standard InChI is InChI=1S/C11H21NO2/c1-4-11(13)14-9-8-12-7-5-6-10(2)3/h4,10,12H,1,5-9H2,2-3H3. The van der Waals surface area contributed by atoms with Crippen LogP contribution in [0, 0.1) is 5.92 Å². The minimum absolute atomic E-state index is 0.353. The van der Waals surface area contributed by atoms with E-state index in [0.29, 0.717) is 6.61 Å². The van der Waals surface area contributed by atoms with E-state index < -0.39 is 0 Å². The van der Waals surface area contributed by atoms with Gasteiger partial charge in [-0.2, -0.15) is 0 Å². The van der Waals surface area contributed by atoms with Gasteiger partial charge in [-0.05, 0) is 25.3 Å². The first kappa shape index (κ1) is 13.2. The molecule has 0 fully saturated rings. The quantitative estimate of drug-likeness (QED) is 0.367. The molecule has 14 heavy (non-hydrogen) atoms. The molecule has 0 heterocycles. The highest BCUT2D eigenvalue weighted by Crippen LogP contribution is 2.01. The Hall–Kier alpha value is -0.830. The van der Waals surface area contributed by atoms with E-state index in [1.54, 1.807) is 0 Å². The topological polar surface area (TPSA) is 38.3 Å². The third kappa shape index (κ3) is 9.26. The molecule has 3 nitrogen and oxygen atoms in total. The van der Waals surface area contributed by atoms with Crippen LogP contribution >= 0.6 is 0 Å². The van der Waals surface area contributed by atoms with Crippen molar-refractivity contribution in [3.63, 3.8) is 0 Å². The Morgan fingerprint density at radius 2 is 2.21 bits per heavy atom. The maximum absolute atomic E-state index is 10.6. The average Bonchev–Trinajstić information content (AvgIpc) is 2.15. The Morgan fingerprint density at radius 3 is 2.79 bits per heavy atom. The van der Waals surface area contributed by atoms with Gasteiger partial charge in [0.2, 0.25) is 0 Å². The Kier molecular flexibility index (Phi) is 8.24. The number of ether oxygens (including phenoxy) is 1. The molecule has 0 amide bonds. The third-order valence-electron chi connectivity index (χ3n) is 1.82. The van der Waals surface area contributed by atoms with Crippen LogP contribution in [0.4, 0.5) is 0 Å². The van der Waals surface area contributed by atoms with Crippen LogP contribution < -0.4 is 5.32 Å². The summed E-state index contributed by atoms with van der Waals surface area (Å²) in [5.41, 5.74) is 0. The lowest BCUT2D eigenvalue weighted by Gasteiger charge is -2.06. The predicted octanol–water partition coefficient (Wildman–Crippen LogP) is 1.74. The van der Waals surface area contributed by atoms with Crippen LogP contribution in [-0.4, -0.2) is 25.7 Å². The predicted molar refractivity (Wildman–Crippen MR) is 58.1 cm³/mol. The van der Waals surface area contributed by atoms with Crippen molar-refractivity contribution in [2.24, 2.45) is 5.92 Å². The van der Waals surface area contributed by atoms with E-state index in [1.807, 2.05) is 0 Å². The summed E-state index contributed by atoms with van der Waals surface area (Å²) in [5.74, 6) is 0.407. The van der Waals surface area contributed by atoms with Gasteiger partial charge in [0.15, 0.2) is 0 Å². The highest BCUT2D eigenvalue weighted by Gasteiger charge is 1.95. The van der Waals surface area contributed by atoms with E-state index in [0.717, 1.165) is 19.0 Å². The fraction of sp³-hybridized carbons (Fsp3) is 0.727. The SMILES string of the molecule is C=CC(=O)OCCNCCCC(C)C. The molecule has 0 spiro atoms. The summed E-state index contributed by atoms with van der Waals surface area (Å²) in [4.78, 5) is 10.6. The summed E-state index contributed by atoms with van der Waals surface area (Å²) in [6.45, 7) is 9.87. The van der Waals surface area contributed by atoms with Gasteiger partial charge in [-0.1, -0.05) is 20.4 Å². The maximum atomic E-state index is 10.6. The van der Waals surface area contributed by atoms with Gasteiger partial charge in [-0.3, -0.25) is 0 Å². The molecule has 0 rings (SSSR count). The lowest BCUT2D eigenvalue weighted by Crippen LogP contribution is -2.22. The highest BCUT2D eigenvalue weighted by atomic mass is 16.5. The Labute approximate surface area is 86.5 Å². The van der Waals surface area contributed by atoms with Crippen molar-refractivity contribution in [1.29, 1.82) is 0 Å². The van der Waals surface area contributed by atoms with Crippen LogP contribution in [-0.2, 0) is 9.53 Å². The molecule has 1 N–H and O–H groups in total. The lowest BCUT2D eigenvalue weighted by molar-refractivity contribution is -0.137. The van der Waals surface area contributed by atoms with Crippen molar-refractivity contribution in [1.82, 2.24) is 5.32 Å². The van der Waals surface area contributed by atoms with Crippen LogP contribution in [0.1, 0.15) is 26.7 Å². The molecule has 82 valence electrons. The fourth-order valence-corrected chi connectivity index (χ4v) is 1.04. The summed E-state index contributed by atoms with van der Waals surface area (Å²) in [5, 5.41) is 3.21. The van der Waals surface area contributed by atoms with E-state index in [1.165, 1.54) is 18.9 Å². The van der Waals surface area contributed by atoms with E-state index >= 15 is 0 Å². The second-order valence-electron chi connectivity index (χ2n) is 3.66. The second-order valence-corrected chi connectivity index (χ2v) is 3.66. The summed E-state index contributed by atoms with van der Waals surface area (Å²) in [6, 6.07) is 0. The van der Waals surface area contributed by atoms with Gasteiger partial charge >= 0.3 is 5.97 Å². The van der Waals surface area contributed by atoms with Crippen molar-refractivity contribution in [3.8, 4) is 0 Å². The first-order valence-corrected chi connectivity index (χ1v) is 5.16. The smallest absolute Gasteiger partial charge is 0.330 e. The Bertz CT molecular complexity index is 167. The second kappa shape index (κ2) is 8.75. The highest BCUT2D eigenvalue weighted by molar-refractivity contribution is 5.81. The molecule has 0 atom stereocenters. The summed E-state index contributed by atoms with van der Waals surface area (Å²) < 4.78 is 4.80. The molecule has 0 bridgehead atoms. The molecule has 0 aromatic carbocycles. The summed E-state index contributed by atoms with van der Waals surface area (Å²) in [6.07, 6.45) is 3.59.